The minimum Gasteiger partial charge on any atom is -0.488 e. The van der Waals surface area contributed by atoms with E-state index < -0.39 is 0 Å². The smallest absolute Gasteiger partial charge is 0.306 e. The number of hydrogen-bond donors (Lipinski definition) is 0. The van der Waals surface area contributed by atoms with E-state index in [4.69, 9.17) is 18.9 Å². The highest BCUT2D eigenvalue weighted by atomic mass is 16.6. The molecule has 6 nitrogen and oxygen atoms in total. The number of esters is 2. The number of hydrogen-bond acceptors (Lipinski definition) is 6. The molecule has 0 amide bonds. The number of fused-ring (bicyclic) bond motifs is 2. The fourth-order valence-electron chi connectivity index (χ4n) is 4.12. The Hall–Kier alpha value is -3.28. The van der Waals surface area contributed by atoms with Crippen molar-refractivity contribution in [1.29, 1.82) is 0 Å². The summed E-state index contributed by atoms with van der Waals surface area (Å²) < 4.78 is 23.6. The summed E-state index contributed by atoms with van der Waals surface area (Å²) in [6, 6.07) is 14.2. The van der Waals surface area contributed by atoms with Crippen molar-refractivity contribution in [2.24, 2.45) is 0 Å². The van der Waals surface area contributed by atoms with Crippen molar-refractivity contribution in [1.82, 2.24) is 0 Å². The van der Waals surface area contributed by atoms with Crippen LogP contribution in [0, 0.1) is 0 Å². The molecular weight excluding hydrogens is 456 g/mol. The second kappa shape index (κ2) is 13.1. The molecule has 0 heterocycles. The van der Waals surface area contributed by atoms with Crippen LogP contribution in [0.4, 0.5) is 0 Å². The Kier molecular flexibility index (Phi) is 9.97. The SMILES string of the molecule is CCCC(=O)OC(C)COc1c2ccccc2c(OCC(C)OC(=O)CCC)c2cc(CC)ccc12. The molecule has 3 aromatic carbocycles. The molecule has 6 heteroatoms. The summed E-state index contributed by atoms with van der Waals surface area (Å²) in [5.41, 5.74) is 1.18. The second-order valence-corrected chi connectivity index (χ2v) is 9.16. The van der Waals surface area contributed by atoms with E-state index in [0.29, 0.717) is 12.8 Å². The summed E-state index contributed by atoms with van der Waals surface area (Å²) in [6.07, 6.45) is 2.43. The highest BCUT2D eigenvalue weighted by Gasteiger charge is 2.19. The Bertz CT molecular complexity index is 1180. The number of rotatable bonds is 13. The normalized spacial score (nSPS) is 12.8. The summed E-state index contributed by atoms with van der Waals surface area (Å²) >= 11 is 0. The molecule has 0 aliphatic carbocycles. The minimum absolute atomic E-state index is 0.214. The van der Waals surface area contributed by atoms with Crippen molar-refractivity contribution in [3.05, 3.63) is 48.0 Å². The predicted octanol–water partition coefficient (Wildman–Crippen LogP) is 6.78. The fraction of sp³-hybridized carbons (Fsp3) is 0.467. The van der Waals surface area contributed by atoms with Gasteiger partial charge in [0, 0.05) is 34.4 Å². The van der Waals surface area contributed by atoms with Crippen molar-refractivity contribution < 1.29 is 28.5 Å². The molecule has 0 saturated carbocycles. The fourth-order valence-corrected chi connectivity index (χ4v) is 4.12. The third kappa shape index (κ3) is 6.90. The van der Waals surface area contributed by atoms with Gasteiger partial charge in [-0.1, -0.05) is 57.2 Å². The molecule has 2 unspecified atom stereocenters. The lowest BCUT2D eigenvalue weighted by Crippen LogP contribution is -2.22. The first-order chi connectivity index (χ1) is 17.4. The second-order valence-electron chi connectivity index (χ2n) is 9.16. The molecule has 194 valence electrons. The topological polar surface area (TPSA) is 71.1 Å². The lowest BCUT2D eigenvalue weighted by atomic mass is 9.98. The summed E-state index contributed by atoms with van der Waals surface area (Å²) in [5, 5.41) is 3.68. The average molecular weight is 495 g/mol. The zero-order valence-electron chi connectivity index (χ0n) is 22.1. The molecule has 3 rings (SSSR count). The van der Waals surface area contributed by atoms with Crippen LogP contribution in [0.15, 0.2) is 42.5 Å². The lowest BCUT2D eigenvalue weighted by molar-refractivity contribution is -0.150. The van der Waals surface area contributed by atoms with Crippen molar-refractivity contribution in [2.75, 3.05) is 13.2 Å². The quantitative estimate of drug-likeness (QED) is 0.193. The van der Waals surface area contributed by atoms with Crippen LogP contribution in [0.25, 0.3) is 21.5 Å². The van der Waals surface area contributed by atoms with E-state index in [0.717, 1.165) is 52.3 Å². The van der Waals surface area contributed by atoms with E-state index in [1.807, 2.05) is 52.0 Å². The van der Waals surface area contributed by atoms with E-state index in [9.17, 15) is 9.59 Å². The van der Waals surface area contributed by atoms with E-state index in [-0.39, 0.29) is 37.4 Å². The van der Waals surface area contributed by atoms with Crippen LogP contribution in [-0.2, 0) is 25.5 Å². The van der Waals surface area contributed by atoms with Crippen molar-refractivity contribution in [3.63, 3.8) is 0 Å². The van der Waals surface area contributed by atoms with Crippen LogP contribution in [-0.4, -0.2) is 37.4 Å². The van der Waals surface area contributed by atoms with Crippen LogP contribution in [0.5, 0.6) is 11.5 Å². The van der Waals surface area contributed by atoms with Gasteiger partial charge < -0.3 is 18.9 Å². The maximum absolute atomic E-state index is 11.9. The predicted molar refractivity (Wildman–Crippen MR) is 143 cm³/mol. The van der Waals surface area contributed by atoms with Crippen LogP contribution in [0.2, 0.25) is 0 Å². The van der Waals surface area contributed by atoms with E-state index in [1.54, 1.807) is 0 Å². The molecule has 36 heavy (non-hydrogen) atoms. The Labute approximate surface area is 213 Å². The maximum Gasteiger partial charge on any atom is 0.306 e. The molecule has 0 radical (unpaired) electrons. The minimum atomic E-state index is -0.373. The molecule has 0 saturated heterocycles. The summed E-state index contributed by atoms with van der Waals surface area (Å²) in [7, 11) is 0. The van der Waals surface area contributed by atoms with Gasteiger partial charge in [0.2, 0.25) is 0 Å². The molecule has 0 N–H and O–H groups in total. The molecule has 0 bridgehead atoms. The first-order valence-electron chi connectivity index (χ1n) is 13.0. The number of benzene rings is 3. The van der Waals surface area contributed by atoms with Crippen LogP contribution < -0.4 is 9.47 Å². The zero-order valence-corrected chi connectivity index (χ0v) is 22.1. The van der Waals surface area contributed by atoms with Gasteiger partial charge in [-0.15, -0.1) is 0 Å². The van der Waals surface area contributed by atoms with Gasteiger partial charge in [0.1, 0.15) is 36.9 Å². The lowest BCUT2D eigenvalue weighted by Gasteiger charge is -2.21. The van der Waals surface area contributed by atoms with Gasteiger partial charge in [-0.3, -0.25) is 9.59 Å². The highest BCUT2D eigenvalue weighted by Crippen LogP contribution is 2.43. The van der Waals surface area contributed by atoms with Gasteiger partial charge in [-0.2, -0.15) is 0 Å². The Morgan fingerprint density at radius 1 is 0.694 bits per heavy atom. The molecular formula is C30H38O6. The van der Waals surface area contributed by atoms with Crippen LogP contribution in [0.1, 0.15) is 65.9 Å². The maximum atomic E-state index is 11.9. The molecule has 0 aliphatic heterocycles. The Morgan fingerprint density at radius 2 is 1.17 bits per heavy atom. The molecule has 0 aliphatic rings. The molecule has 0 fully saturated rings. The van der Waals surface area contributed by atoms with Crippen molar-refractivity contribution in [2.45, 2.75) is 78.9 Å². The number of ether oxygens (including phenoxy) is 4. The molecule has 3 aromatic rings. The average Bonchev–Trinajstić information content (AvgIpc) is 2.85. The van der Waals surface area contributed by atoms with E-state index in [1.165, 1.54) is 5.56 Å². The van der Waals surface area contributed by atoms with Gasteiger partial charge in [0.25, 0.3) is 0 Å². The summed E-state index contributed by atoms with van der Waals surface area (Å²) in [5.74, 6) is 1.04. The van der Waals surface area contributed by atoms with Gasteiger partial charge in [-0.25, -0.2) is 0 Å². The van der Waals surface area contributed by atoms with Crippen LogP contribution >= 0.6 is 0 Å². The van der Waals surface area contributed by atoms with E-state index >= 15 is 0 Å². The van der Waals surface area contributed by atoms with E-state index in [2.05, 4.69) is 25.1 Å². The van der Waals surface area contributed by atoms with Gasteiger partial charge in [0.15, 0.2) is 0 Å². The first-order valence-corrected chi connectivity index (χ1v) is 13.0. The van der Waals surface area contributed by atoms with Gasteiger partial charge in [0.05, 0.1) is 0 Å². The molecule has 2 atom stereocenters. The molecule has 0 aromatic heterocycles. The highest BCUT2D eigenvalue weighted by molar-refractivity contribution is 6.11. The summed E-state index contributed by atoms with van der Waals surface area (Å²) in [4.78, 5) is 23.8. The number of aryl methyl sites for hydroxylation is 1. The molecule has 0 spiro atoms. The van der Waals surface area contributed by atoms with Crippen molar-refractivity contribution >= 4 is 33.5 Å². The number of carbonyl (C=O) groups excluding carboxylic acids is 2. The van der Waals surface area contributed by atoms with Gasteiger partial charge >= 0.3 is 11.9 Å². The first kappa shape index (κ1) is 27.3. The third-order valence-electron chi connectivity index (χ3n) is 5.90. The van der Waals surface area contributed by atoms with Crippen molar-refractivity contribution in [3.8, 4) is 11.5 Å². The zero-order chi connectivity index (χ0) is 26.1. The number of carbonyl (C=O) groups is 2. The standard InChI is InChI=1S/C30H38O6/c1-6-11-27(31)35-20(4)18-33-29-23-13-9-10-14-24(23)30(26-17-22(8-3)15-16-25(26)29)34-19-21(5)36-28(32)12-7-2/h9-10,13-17,20-21H,6-8,11-12,18-19H2,1-5H3. The van der Waals surface area contributed by atoms with Crippen LogP contribution in [0.3, 0.4) is 0 Å². The monoisotopic (exact) mass is 494 g/mol. The van der Waals surface area contributed by atoms with Gasteiger partial charge in [-0.05, 0) is 44.7 Å². The summed E-state index contributed by atoms with van der Waals surface area (Å²) in [6.45, 7) is 10.2. The largest absolute Gasteiger partial charge is 0.488 e. The Morgan fingerprint density at radius 3 is 1.64 bits per heavy atom. The Balaban J connectivity index is 1.97. The third-order valence-corrected chi connectivity index (χ3v) is 5.90.